The molecule has 1 aromatic rings. The van der Waals surface area contributed by atoms with Crippen LogP contribution in [0.1, 0.15) is 19.0 Å². The molecule has 1 aromatic heterocycles. The van der Waals surface area contributed by atoms with E-state index in [4.69, 9.17) is 5.11 Å². The van der Waals surface area contributed by atoms with Gasteiger partial charge in [0.25, 0.3) is 0 Å². The van der Waals surface area contributed by atoms with E-state index in [-0.39, 0.29) is 5.76 Å². The first-order valence-corrected chi connectivity index (χ1v) is 3.10. The zero-order valence-electron chi connectivity index (χ0n) is 5.70. The number of hydrogen-bond acceptors (Lipinski definition) is 3. The number of allylic oxidation sites excluding steroid dienone is 1. The molecule has 0 bridgehead atoms. The van der Waals surface area contributed by atoms with E-state index in [0.29, 0.717) is 5.69 Å². The van der Waals surface area contributed by atoms with Crippen molar-refractivity contribution < 1.29 is 5.11 Å². The Morgan fingerprint density at radius 3 is 3.20 bits per heavy atom. The average Bonchev–Trinajstić information content (AvgIpc) is 2.38. The molecule has 0 aromatic carbocycles. The molecule has 0 fully saturated rings. The fourth-order valence-electron chi connectivity index (χ4n) is 0.625. The fraction of sp³-hybridized carbons (Fsp3) is 0.333. The molecule has 0 atom stereocenters. The highest BCUT2D eigenvalue weighted by Gasteiger charge is 1.98. The average molecular weight is 139 g/mol. The van der Waals surface area contributed by atoms with Crippen molar-refractivity contribution in [3.63, 3.8) is 0 Å². The molecule has 0 amide bonds. The van der Waals surface area contributed by atoms with Gasteiger partial charge in [0.05, 0.1) is 6.20 Å². The van der Waals surface area contributed by atoms with Crippen molar-refractivity contribution in [1.82, 2.24) is 15.4 Å². The standard InChI is InChI=1S/C6H9N3O/c1-2-3-6(10)5-4-7-9-8-5/h3-4,10H,2H2,1H3,(H,7,8,9). The van der Waals surface area contributed by atoms with E-state index >= 15 is 0 Å². The first-order valence-electron chi connectivity index (χ1n) is 3.10. The van der Waals surface area contributed by atoms with Crippen molar-refractivity contribution >= 4 is 5.76 Å². The summed E-state index contributed by atoms with van der Waals surface area (Å²) in [4.78, 5) is 0. The number of aliphatic hydroxyl groups excluding tert-OH is 1. The molecule has 0 radical (unpaired) electrons. The van der Waals surface area contributed by atoms with E-state index in [0.717, 1.165) is 6.42 Å². The van der Waals surface area contributed by atoms with Gasteiger partial charge in [0.1, 0.15) is 11.5 Å². The van der Waals surface area contributed by atoms with Crippen LogP contribution in [0, 0.1) is 0 Å². The fourth-order valence-corrected chi connectivity index (χ4v) is 0.625. The van der Waals surface area contributed by atoms with Crippen LogP contribution in [0.25, 0.3) is 5.76 Å². The lowest BCUT2D eigenvalue weighted by Gasteiger charge is -1.89. The van der Waals surface area contributed by atoms with Crippen LogP contribution in [0.4, 0.5) is 0 Å². The van der Waals surface area contributed by atoms with Crippen LogP contribution >= 0.6 is 0 Å². The van der Waals surface area contributed by atoms with Gasteiger partial charge in [0.2, 0.25) is 0 Å². The second kappa shape index (κ2) is 3.00. The van der Waals surface area contributed by atoms with E-state index in [9.17, 15) is 0 Å². The maximum absolute atomic E-state index is 9.15. The number of nitrogens with one attached hydrogen (secondary N) is 1. The van der Waals surface area contributed by atoms with Crippen molar-refractivity contribution in [2.45, 2.75) is 13.3 Å². The van der Waals surface area contributed by atoms with Gasteiger partial charge < -0.3 is 5.11 Å². The minimum absolute atomic E-state index is 0.177. The second-order valence-corrected chi connectivity index (χ2v) is 1.86. The number of rotatable bonds is 2. The minimum Gasteiger partial charge on any atom is -0.506 e. The topological polar surface area (TPSA) is 61.8 Å². The monoisotopic (exact) mass is 139 g/mol. The van der Waals surface area contributed by atoms with E-state index in [1.54, 1.807) is 12.3 Å². The number of aromatic amines is 1. The molecule has 0 spiro atoms. The molecule has 4 heteroatoms. The molecule has 0 aliphatic rings. The summed E-state index contributed by atoms with van der Waals surface area (Å²) < 4.78 is 0. The molecular weight excluding hydrogens is 130 g/mol. The zero-order chi connectivity index (χ0) is 7.40. The van der Waals surface area contributed by atoms with Crippen molar-refractivity contribution in [2.75, 3.05) is 0 Å². The van der Waals surface area contributed by atoms with Crippen LogP contribution in [-0.4, -0.2) is 20.5 Å². The van der Waals surface area contributed by atoms with Crippen molar-refractivity contribution in [3.05, 3.63) is 18.0 Å². The Hall–Kier alpha value is -1.32. The van der Waals surface area contributed by atoms with E-state index in [1.807, 2.05) is 6.92 Å². The third kappa shape index (κ3) is 1.34. The molecule has 54 valence electrons. The van der Waals surface area contributed by atoms with Gasteiger partial charge >= 0.3 is 0 Å². The van der Waals surface area contributed by atoms with Crippen LogP contribution in [0.15, 0.2) is 12.3 Å². The lowest BCUT2D eigenvalue weighted by atomic mass is 10.3. The number of H-pyrrole nitrogens is 1. The highest BCUT2D eigenvalue weighted by atomic mass is 16.3. The Balaban J connectivity index is 2.77. The first-order chi connectivity index (χ1) is 4.84. The first kappa shape index (κ1) is 6.80. The lowest BCUT2D eigenvalue weighted by Crippen LogP contribution is -1.81. The number of hydrogen-bond donors (Lipinski definition) is 2. The van der Waals surface area contributed by atoms with Crippen LogP contribution in [0.5, 0.6) is 0 Å². The minimum atomic E-state index is 0.177. The Kier molecular flexibility index (Phi) is 2.04. The molecular formula is C6H9N3O. The molecule has 1 rings (SSSR count). The van der Waals surface area contributed by atoms with Crippen LogP contribution < -0.4 is 0 Å². The highest BCUT2D eigenvalue weighted by molar-refractivity contribution is 5.52. The van der Waals surface area contributed by atoms with Gasteiger partial charge in [-0.2, -0.15) is 0 Å². The molecule has 4 nitrogen and oxygen atoms in total. The Morgan fingerprint density at radius 1 is 1.90 bits per heavy atom. The largest absolute Gasteiger partial charge is 0.506 e. The molecule has 0 aliphatic carbocycles. The van der Waals surface area contributed by atoms with Crippen LogP contribution in [0.2, 0.25) is 0 Å². The van der Waals surface area contributed by atoms with Gasteiger partial charge in [-0.3, -0.25) is 5.10 Å². The summed E-state index contributed by atoms with van der Waals surface area (Å²) in [5.74, 6) is 0.177. The van der Waals surface area contributed by atoms with Gasteiger partial charge in [0, 0.05) is 0 Å². The summed E-state index contributed by atoms with van der Waals surface area (Å²) in [5.41, 5.74) is 0.488. The third-order valence-corrected chi connectivity index (χ3v) is 1.08. The van der Waals surface area contributed by atoms with Crippen molar-refractivity contribution in [1.29, 1.82) is 0 Å². The zero-order valence-corrected chi connectivity index (χ0v) is 5.70. The molecule has 10 heavy (non-hydrogen) atoms. The maximum atomic E-state index is 9.15. The molecule has 0 saturated carbocycles. The molecule has 1 heterocycles. The summed E-state index contributed by atoms with van der Waals surface area (Å²) in [5, 5.41) is 18.7. The Morgan fingerprint density at radius 2 is 2.70 bits per heavy atom. The van der Waals surface area contributed by atoms with E-state index in [1.165, 1.54) is 0 Å². The Bertz CT molecular complexity index is 215. The summed E-state index contributed by atoms with van der Waals surface area (Å²) in [6.07, 6.45) is 4.01. The van der Waals surface area contributed by atoms with Gasteiger partial charge in [-0.1, -0.05) is 12.1 Å². The van der Waals surface area contributed by atoms with Crippen LogP contribution in [0.3, 0.4) is 0 Å². The predicted octanol–water partition coefficient (Wildman–Crippen LogP) is 1.11. The quantitative estimate of drug-likeness (QED) is 0.603. The van der Waals surface area contributed by atoms with Crippen LogP contribution in [-0.2, 0) is 0 Å². The number of aliphatic hydroxyl groups is 1. The van der Waals surface area contributed by atoms with E-state index < -0.39 is 0 Å². The smallest absolute Gasteiger partial charge is 0.146 e. The predicted molar refractivity (Wildman–Crippen MR) is 37.3 cm³/mol. The summed E-state index contributed by atoms with van der Waals surface area (Å²) in [7, 11) is 0. The van der Waals surface area contributed by atoms with Gasteiger partial charge in [0.15, 0.2) is 0 Å². The SMILES string of the molecule is CCC=C(O)c1c[nH]nn1. The molecule has 2 N–H and O–H groups in total. The normalized spacial score (nSPS) is 11.9. The number of aromatic nitrogens is 3. The van der Waals surface area contributed by atoms with E-state index in [2.05, 4.69) is 15.4 Å². The van der Waals surface area contributed by atoms with Crippen molar-refractivity contribution in [2.24, 2.45) is 0 Å². The van der Waals surface area contributed by atoms with Gasteiger partial charge in [-0.05, 0) is 12.5 Å². The Labute approximate surface area is 58.6 Å². The van der Waals surface area contributed by atoms with Gasteiger partial charge in [-0.25, -0.2) is 0 Å². The molecule has 0 unspecified atom stereocenters. The third-order valence-electron chi connectivity index (χ3n) is 1.08. The molecule has 0 aliphatic heterocycles. The highest BCUT2D eigenvalue weighted by Crippen LogP contribution is 2.04. The summed E-state index contributed by atoms with van der Waals surface area (Å²) in [6.45, 7) is 1.94. The maximum Gasteiger partial charge on any atom is 0.146 e. The van der Waals surface area contributed by atoms with Gasteiger partial charge in [-0.15, -0.1) is 5.10 Å². The number of nitrogens with zero attached hydrogens (tertiary/aromatic N) is 2. The summed E-state index contributed by atoms with van der Waals surface area (Å²) in [6, 6.07) is 0. The summed E-state index contributed by atoms with van der Waals surface area (Å²) >= 11 is 0. The molecule has 0 saturated heterocycles. The lowest BCUT2D eigenvalue weighted by molar-refractivity contribution is 0.506. The van der Waals surface area contributed by atoms with Crippen molar-refractivity contribution in [3.8, 4) is 0 Å². The second-order valence-electron chi connectivity index (χ2n) is 1.86.